The maximum atomic E-state index is 8.60. The van der Waals surface area contributed by atoms with Crippen LogP contribution in [0.4, 0.5) is 0 Å². The fraction of sp³-hybridized carbons (Fsp3) is 0.222. The van der Waals surface area contributed by atoms with E-state index in [0.717, 1.165) is 5.57 Å². The first kappa shape index (κ1) is 9.51. The molecule has 58 valence electrons. The molecule has 0 aliphatic carbocycles. The average molecular weight is 148 g/mol. The predicted molar refractivity (Wildman–Crippen MR) is 46.5 cm³/mol. The van der Waals surface area contributed by atoms with E-state index in [1.165, 1.54) is 0 Å². The van der Waals surface area contributed by atoms with Crippen LogP contribution in [-0.4, -0.2) is 0 Å². The van der Waals surface area contributed by atoms with Crippen LogP contribution in [0.1, 0.15) is 13.8 Å². The van der Waals surface area contributed by atoms with Crippen molar-refractivity contribution >= 4 is 0 Å². The first-order valence-corrected chi connectivity index (χ1v) is 3.31. The first-order valence-electron chi connectivity index (χ1n) is 3.31. The molecular weight excluding hydrogens is 136 g/mol. The Morgan fingerprint density at radius 2 is 2.18 bits per heavy atom. The quantitative estimate of drug-likeness (QED) is 0.480. The molecule has 0 saturated carbocycles. The molecule has 0 spiro atoms. The Labute approximate surface area is 67.3 Å². The van der Waals surface area contributed by atoms with Crippen LogP contribution in [0.2, 0.25) is 0 Å². The molecular formula is C9H12N2. The summed E-state index contributed by atoms with van der Waals surface area (Å²) in [4.78, 5) is 0. The molecule has 0 rings (SSSR count). The van der Waals surface area contributed by atoms with Crippen molar-refractivity contribution < 1.29 is 0 Å². The smallest absolute Gasteiger partial charge is 0.101 e. The van der Waals surface area contributed by atoms with Crippen molar-refractivity contribution in [3.8, 4) is 6.07 Å². The van der Waals surface area contributed by atoms with Gasteiger partial charge in [0.2, 0.25) is 0 Å². The molecule has 2 nitrogen and oxygen atoms in total. The molecule has 0 aliphatic heterocycles. The van der Waals surface area contributed by atoms with Gasteiger partial charge < -0.3 is 5.73 Å². The van der Waals surface area contributed by atoms with Gasteiger partial charge in [0.1, 0.15) is 6.07 Å². The lowest BCUT2D eigenvalue weighted by molar-refractivity contribution is 1.31. The zero-order valence-electron chi connectivity index (χ0n) is 6.89. The average Bonchev–Trinajstić information content (AvgIpc) is 1.98. The molecule has 0 radical (unpaired) electrons. The summed E-state index contributed by atoms with van der Waals surface area (Å²) in [5.74, 6) is 0. The number of hydrogen-bond donors (Lipinski definition) is 1. The van der Waals surface area contributed by atoms with E-state index < -0.39 is 0 Å². The highest BCUT2D eigenvalue weighted by molar-refractivity contribution is 5.43. The van der Waals surface area contributed by atoms with Crippen LogP contribution >= 0.6 is 0 Å². The van der Waals surface area contributed by atoms with Crippen LogP contribution in [0.25, 0.3) is 0 Å². The normalized spacial score (nSPS) is 12.5. The minimum Gasteiger partial charge on any atom is -0.398 e. The predicted octanol–water partition coefficient (Wildman–Crippen LogP) is 1.87. The highest BCUT2D eigenvalue weighted by Gasteiger charge is 1.96. The SMILES string of the molecule is C=C(C)/C=C(C#N)\C(N)=C/C. The van der Waals surface area contributed by atoms with Crippen molar-refractivity contribution in [1.29, 1.82) is 5.26 Å². The molecule has 0 aromatic carbocycles. The Morgan fingerprint density at radius 1 is 1.64 bits per heavy atom. The standard InChI is InChI=1S/C9H12N2/c1-4-9(11)8(6-10)5-7(2)3/h4-5H,2,11H2,1,3H3/b8-5-,9-4+. The first-order chi connectivity index (χ1) is 5.11. The second-order valence-corrected chi connectivity index (χ2v) is 2.26. The van der Waals surface area contributed by atoms with Gasteiger partial charge >= 0.3 is 0 Å². The Kier molecular flexibility index (Phi) is 3.76. The number of rotatable bonds is 2. The summed E-state index contributed by atoms with van der Waals surface area (Å²) in [5.41, 5.74) is 7.30. The topological polar surface area (TPSA) is 49.8 Å². The lowest BCUT2D eigenvalue weighted by Crippen LogP contribution is -1.98. The fourth-order valence-corrected chi connectivity index (χ4v) is 0.582. The maximum Gasteiger partial charge on any atom is 0.101 e. The summed E-state index contributed by atoms with van der Waals surface area (Å²) in [7, 11) is 0. The molecule has 2 N–H and O–H groups in total. The van der Waals surface area contributed by atoms with E-state index >= 15 is 0 Å². The van der Waals surface area contributed by atoms with Gasteiger partial charge in [-0.1, -0.05) is 18.2 Å². The monoisotopic (exact) mass is 148 g/mol. The second-order valence-electron chi connectivity index (χ2n) is 2.26. The molecule has 0 bridgehead atoms. The van der Waals surface area contributed by atoms with Gasteiger partial charge in [-0.25, -0.2) is 0 Å². The van der Waals surface area contributed by atoms with E-state index in [9.17, 15) is 0 Å². The molecule has 0 fully saturated rings. The highest BCUT2D eigenvalue weighted by atomic mass is 14.6. The molecule has 0 heterocycles. The lowest BCUT2D eigenvalue weighted by atomic mass is 10.1. The minimum absolute atomic E-state index is 0.472. The minimum atomic E-state index is 0.472. The van der Waals surface area contributed by atoms with Crippen molar-refractivity contribution in [2.75, 3.05) is 0 Å². The third-order valence-electron chi connectivity index (χ3n) is 1.13. The van der Waals surface area contributed by atoms with Gasteiger partial charge in [-0.05, 0) is 19.9 Å². The molecule has 0 aromatic heterocycles. The Balaban J connectivity index is 4.72. The number of nitrogens with zero attached hydrogens (tertiary/aromatic N) is 1. The van der Waals surface area contributed by atoms with Gasteiger partial charge in [-0.15, -0.1) is 0 Å². The van der Waals surface area contributed by atoms with Crippen LogP contribution in [-0.2, 0) is 0 Å². The zero-order valence-corrected chi connectivity index (χ0v) is 6.89. The van der Waals surface area contributed by atoms with Gasteiger partial charge in [0, 0.05) is 5.70 Å². The second kappa shape index (κ2) is 4.35. The summed E-state index contributed by atoms with van der Waals surface area (Å²) in [6.45, 7) is 7.26. The number of nitrogens with two attached hydrogens (primary N) is 1. The summed E-state index contributed by atoms with van der Waals surface area (Å²) in [5, 5.41) is 8.60. The molecule has 0 amide bonds. The van der Waals surface area contributed by atoms with Crippen molar-refractivity contribution in [3.05, 3.63) is 35.6 Å². The summed E-state index contributed by atoms with van der Waals surface area (Å²) in [6, 6.07) is 1.99. The summed E-state index contributed by atoms with van der Waals surface area (Å²) >= 11 is 0. The van der Waals surface area contributed by atoms with Crippen molar-refractivity contribution in [3.63, 3.8) is 0 Å². The molecule has 0 unspecified atom stereocenters. The van der Waals surface area contributed by atoms with Crippen molar-refractivity contribution in [2.45, 2.75) is 13.8 Å². The highest BCUT2D eigenvalue weighted by Crippen LogP contribution is 2.05. The van der Waals surface area contributed by atoms with Crippen LogP contribution in [0.3, 0.4) is 0 Å². The molecule has 0 saturated heterocycles. The van der Waals surface area contributed by atoms with Crippen molar-refractivity contribution in [2.24, 2.45) is 5.73 Å². The summed E-state index contributed by atoms with van der Waals surface area (Å²) in [6.07, 6.45) is 3.35. The number of allylic oxidation sites excluding steroid dienone is 4. The third-order valence-corrected chi connectivity index (χ3v) is 1.13. The van der Waals surface area contributed by atoms with Crippen LogP contribution < -0.4 is 5.73 Å². The molecule has 0 aromatic rings. The zero-order chi connectivity index (χ0) is 8.85. The third kappa shape index (κ3) is 3.27. The van der Waals surface area contributed by atoms with E-state index in [4.69, 9.17) is 11.0 Å². The lowest BCUT2D eigenvalue weighted by Gasteiger charge is -1.96. The van der Waals surface area contributed by atoms with Gasteiger partial charge in [-0.2, -0.15) is 5.26 Å². The number of hydrogen-bond acceptors (Lipinski definition) is 2. The molecule has 0 aliphatic rings. The fourth-order valence-electron chi connectivity index (χ4n) is 0.582. The maximum absolute atomic E-state index is 8.60. The molecule has 0 atom stereocenters. The number of nitriles is 1. The van der Waals surface area contributed by atoms with Crippen LogP contribution in [0.5, 0.6) is 0 Å². The van der Waals surface area contributed by atoms with Crippen LogP contribution in [0, 0.1) is 11.3 Å². The van der Waals surface area contributed by atoms with Gasteiger partial charge in [-0.3, -0.25) is 0 Å². The van der Waals surface area contributed by atoms with E-state index in [0.29, 0.717) is 11.3 Å². The van der Waals surface area contributed by atoms with E-state index in [1.54, 1.807) is 19.1 Å². The summed E-state index contributed by atoms with van der Waals surface area (Å²) < 4.78 is 0. The Bertz CT molecular complexity index is 251. The van der Waals surface area contributed by atoms with E-state index in [-0.39, 0.29) is 0 Å². The van der Waals surface area contributed by atoms with E-state index in [2.05, 4.69) is 6.58 Å². The molecule has 11 heavy (non-hydrogen) atoms. The molecule has 2 heteroatoms. The van der Waals surface area contributed by atoms with Crippen LogP contribution in [0.15, 0.2) is 35.6 Å². The van der Waals surface area contributed by atoms with Gasteiger partial charge in [0.25, 0.3) is 0 Å². The van der Waals surface area contributed by atoms with Crippen molar-refractivity contribution in [1.82, 2.24) is 0 Å². The van der Waals surface area contributed by atoms with Gasteiger partial charge in [0.15, 0.2) is 0 Å². The van der Waals surface area contributed by atoms with E-state index in [1.807, 2.05) is 13.0 Å². The Hall–Kier alpha value is -1.49. The Morgan fingerprint density at radius 3 is 2.45 bits per heavy atom. The van der Waals surface area contributed by atoms with Gasteiger partial charge in [0.05, 0.1) is 5.57 Å². The largest absolute Gasteiger partial charge is 0.398 e.